The second-order valence-corrected chi connectivity index (χ2v) is 5.85. The molecule has 1 heterocycles. The molecule has 128 valence electrons. The summed E-state index contributed by atoms with van der Waals surface area (Å²) in [6.07, 6.45) is 0. The average molecular weight is 347 g/mol. The van der Waals surface area contributed by atoms with Gasteiger partial charge in [0.15, 0.2) is 0 Å². The summed E-state index contributed by atoms with van der Waals surface area (Å²) >= 11 is 0. The van der Waals surface area contributed by atoms with Crippen molar-refractivity contribution < 1.29 is 9.53 Å². The first-order chi connectivity index (χ1) is 11.2. The number of carbonyl (C=O) groups is 1. The quantitative estimate of drug-likeness (QED) is 0.924. The Morgan fingerprint density at radius 1 is 1.17 bits per heavy atom. The highest BCUT2D eigenvalue weighted by molar-refractivity contribution is 5.94. The van der Waals surface area contributed by atoms with E-state index in [2.05, 4.69) is 12.2 Å². The summed E-state index contributed by atoms with van der Waals surface area (Å²) in [5.74, 6) is 0.955. The van der Waals surface area contributed by atoms with E-state index in [9.17, 15) is 4.79 Å². The summed E-state index contributed by atoms with van der Waals surface area (Å²) in [6, 6.07) is 17.7. The lowest BCUT2D eigenvalue weighted by atomic mass is 10.1. The molecule has 3 rings (SSSR count). The predicted octanol–water partition coefficient (Wildman–Crippen LogP) is 3.12. The van der Waals surface area contributed by atoms with E-state index in [1.807, 2.05) is 59.5 Å². The van der Waals surface area contributed by atoms with Crippen LogP contribution in [0.4, 0.5) is 0 Å². The van der Waals surface area contributed by atoms with Crippen LogP contribution in [0.5, 0.6) is 5.75 Å². The van der Waals surface area contributed by atoms with E-state index in [1.54, 1.807) is 0 Å². The first-order valence-electron chi connectivity index (χ1n) is 8.02. The standard InChI is InChI=1S/C19H22N2O2.ClH/c1-15-13-20-11-12-21(15)19(22)17-9-7-16(8-10-17)14-23-18-5-3-2-4-6-18;/h2-10,15,20H,11-14H2,1H3;1H/t15-;/m0./s1. The highest BCUT2D eigenvalue weighted by Gasteiger charge is 2.23. The summed E-state index contributed by atoms with van der Waals surface area (Å²) in [4.78, 5) is 14.5. The minimum absolute atomic E-state index is 0. The van der Waals surface area contributed by atoms with Gasteiger partial charge in [-0.05, 0) is 36.8 Å². The molecular formula is C19H23ClN2O2. The van der Waals surface area contributed by atoms with Crippen LogP contribution in [-0.2, 0) is 6.61 Å². The van der Waals surface area contributed by atoms with E-state index in [-0.39, 0.29) is 24.4 Å². The van der Waals surface area contributed by atoms with Crippen LogP contribution in [0.3, 0.4) is 0 Å². The van der Waals surface area contributed by atoms with E-state index in [0.717, 1.165) is 36.5 Å². The van der Waals surface area contributed by atoms with Gasteiger partial charge < -0.3 is 15.0 Å². The number of carbonyl (C=O) groups excluding carboxylic acids is 1. The molecular weight excluding hydrogens is 324 g/mol. The van der Waals surface area contributed by atoms with E-state index in [0.29, 0.717) is 6.61 Å². The molecule has 0 aliphatic carbocycles. The van der Waals surface area contributed by atoms with Gasteiger partial charge in [0, 0.05) is 31.2 Å². The van der Waals surface area contributed by atoms with Crippen LogP contribution in [0, 0.1) is 0 Å². The van der Waals surface area contributed by atoms with Crippen molar-refractivity contribution in [2.75, 3.05) is 19.6 Å². The molecule has 0 unspecified atom stereocenters. The van der Waals surface area contributed by atoms with Crippen LogP contribution in [0.1, 0.15) is 22.8 Å². The van der Waals surface area contributed by atoms with Gasteiger partial charge in [-0.25, -0.2) is 0 Å². The monoisotopic (exact) mass is 346 g/mol. The van der Waals surface area contributed by atoms with Gasteiger partial charge in [-0.1, -0.05) is 30.3 Å². The van der Waals surface area contributed by atoms with Gasteiger partial charge in [-0.2, -0.15) is 0 Å². The number of nitrogens with one attached hydrogen (secondary N) is 1. The summed E-state index contributed by atoms with van der Waals surface area (Å²) in [6.45, 7) is 5.06. The van der Waals surface area contributed by atoms with Gasteiger partial charge in [0.05, 0.1) is 0 Å². The van der Waals surface area contributed by atoms with Gasteiger partial charge in [-0.15, -0.1) is 12.4 Å². The van der Waals surface area contributed by atoms with Crippen molar-refractivity contribution in [1.82, 2.24) is 10.2 Å². The van der Waals surface area contributed by atoms with Crippen LogP contribution in [0.2, 0.25) is 0 Å². The molecule has 2 aromatic rings. The van der Waals surface area contributed by atoms with Crippen molar-refractivity contribution in [1.29, 1.82) is 0 Å². The Morgan fingerprint density at radius 3 is 2.54 bits per heavy atom. The van der Waals surface area contributed by atoms with Gasteiger partial charge >= 0.3 is 0 Å². The van der Waals surface area contributed by atoms with Gasteiger partial charge in [-0.3, -0.25) is 4.79 Å². The maximum atomic E-state index is 12.6. The van der Waals surface area contributed by atoms with Crippen LogP contribution >= 0.6 is 12.4 Å². The Morgan fingerprint density at radius 2 is 1.88 bits per heavy atom. The van der Waals surface area contributed by atoms with Gasteiger partial charge in [0.25, 0.3) is 5.91 Å². The number of rotatable bonds is 4. The fourth-order valence-electron chi connectivity index (χ4n) is 2.74. The molecule has 0 spiro atoms. The molecule has 1 aliphatic heterocycles. The summed E-state index contributed by atoms with van der Waals surface area (Å²) < 4.78 is 5.72. The molecule has 1 atom stereocenters. The smallest absolute Gasteiger partial charge is 0.254 e. The summed E-state index contributed by atoms with van der Waals surface area (Å²) in [5, 5.41) is 3.30. The Hall–Kier alpha value is -2.04. The molecule has 24 heavy (non-hydrogen) atoms. The number of halogens is 1. The third-order valence-electron chi connectivity index (χ3n) is 4.11. The van der Waals surface area contributed by atoms with E-state index in [4.69, 9.17) is 4.74 Å². The molecule has 1 amide bonds. The lowest BCUT2D eigenvalue weighted by Gasteiger charge is -2.34. The Balaban J connectivity index is 0.00000208. The lowest BCUT2D eigenvalue weighted by Crippen LogP contribution is -2.52. The fraction of sp³-hybridized carbons (Fsp3) is 0.316. The second-order valence-electron chi connectivity index (χ2n) is 5.85. The van der Waals surface area contributed by atoms with Crippen molar-refractivity contribution in [3.63, 3.8) is 0 Å². The number of ether oxygens (including phenoxy) is 1. The summed E-state index contributed by atoms with van der Waals surface area (Å²) in [5.41, 5.74) is 1.79. The van der Waals surface area contributed by atoms with Crippen molar-refractivity contribution in [2.45, 2.75) is 19.6 Å². The highest BCUT2D eigenvalue weighted by atomic mass is 35.5. The van der Waals surface area contributed by atoms with Gasteiger partial charge in [0.1, 0.15) is 12.4 Å². The number of amides is 1. The molecule has 2 aromatic carbocycles. The minimum Gasteiger partial charge on any atom is -0.489 e. The topological polar surface area (TPSA) is 41.6 Å². The predicted molar refractivity (Wildman–Crippen MR) is 97.8 cm³/mol. The zero-order valence-electron chi connectivity index (χ0n) is 13.8. The minimum atomic E-state index is 0. The molecule has 5 heteroatoms. The first kappa shape index (κ1) is 18.3. The molecule has 1 N–H and O–H groups in total. The number of benzene rings is 2. The third kappa shape index (κ3) is 4.49. The Bertz CT molecular complexity index is 646. The number of piperazine rings is 1. The lowest BCUT2D eigenvalue weighted by molar-refractivity contribution is 0.0655. The van der Waals surface area contributed by atoms with Crippen molar-refractivity contribution >= 4 is 18.3 Å². The number of hydrogen-bond acceptors (Lipinski definition) is 3. The third-order valence-corrected chi connectivity index (χ3v) is 4.11. The molecule has 4 nitrogen and oxygen atoms in total. The maximum Gasteiger partial charge on any atom is 0.254 e. The average Bonchev–Trinajstić information content (AvgIpc) is 2.61. The zero-order valence-corrected chi connectivity index (χ0v) is 14.6. The second kappa shape index (κ2) is 8.71. The molecule has 0 bridgehead atoms. The normalized spacial score (nSPS) is 17.0. The number of para-hydroxylation sites is 1. The largest absolute Gasteiger partial charge is 0.489 e. The van der Waals surface area contributed by atoms with E-state index >= 15 is 0 Å². The Labute approximate surface area is 149 Å². The summed E-state index contributed by atoms with van der Waals surface area (Å²) in [7, 11) is 0. The van der Waals surface area contributed by atoms with Gasteiger partial charge in [0.2, 0.25) is 0 Å². The van der Waals surface area contributed by atoms with Crippen LogP contribution in [-0.4, -0.2) is 36.5 Å². The molecule has 0 aromatic heterocycles. The zero-order chi connectivity index (χ0) is 16.1. The highest BCUT2D eigenvalue weighted by Crippen LogP contribution is 2.14. The SMILES string of the molecule is C[C@H]1CNCCN1C(=O)c1ccc(COc2ccccc2)cc1.Cl. The molecule has 1 saturated heterocycles. The molecule has 0 radical (unpaired) electrons. The van der Waals surface area contributed by atoms with Crippen molar-refractivity contribution in [3.05, 3.63) is 65.7 Å². The molecule has 1 fully saturated rings. The van der Waals surface area contributed by atoms with Crippen LogP contribution in [0.25, 0.3) is 0 Å². The number of hydrogen-bond donors (Lipinski definition) is 1. The fourth-order valence-corrected chi connectivity index (χ4v) is 2.74. The van der Waals surface area contributed by atoms with Crippen LogP contribution in [0.15, 0.2) is 54.6 Å². The van der Waals surface area contributed by atoms with Crippen LogP contribution < -0.4 is 10.1 Å². The molecule has 1 aliphatic rings. The van der Waals surface area contributed by atoms with E-state index < -0.39 is 0 Å². The van der Waals surface area contributed by atoms with Crippen molar-refractivity contribution in [2.24, 2.45) is 0 Å². The van der Waals surface area contributed by atoms with Crippen molar-refractivity contribution in [3.8, 4) is 5.75 Å². The maximum absolute atomic E-state index is 12.6. The first-order valence-corrected chi connectivity index (χ1v) is 8.02. The molecule has 0 saturated carbocycles. The Kier molecular flexibility index (Phi) is 6.64. The number of nitrogens with zero attached hydrogens (tertiary/aromatic N) is 1. The van der Waals surface area contributed by atoms with E-state index in [1.165, 1.54) is 0 Å².